The van der Waals surface area contributed by atoms with Crippen molar-refractivity contribution in [2.45, 2.75) is 37.7 Å². The number of nitriles is 1. The van der Waals surface area contributed by atoms with E-state index in [2.05, 4.69) is 0 Å². The molecule has 1 aliphatic heterocycles. The van der Waals surface area contributed by atoms with Gasteiger partial charge in [-0.2, -0.15) is 5.26 Å². The molecule has 1 fully saturated rings. The van der Waals surface area contributed by atoms with E-state index in [4.69, 9.17) is 10.00 Å². The molecule has 178 valence electrons. The van der Waals surface area contributed by atoms with Crippen LogP contribution in [-0.2, 0) is 20.0 Å². The first-order chi connectivity index (χ1) is 15.5. The average molecular weight is 492 g/mol. The predicted octanol–water partition coefficient (Wildman–Crippen LogP) is 3.21. The summed E-state index contributed by atoms with van der Waals surface area (Å²) in [6, 6.07) is 14.8. The van der Waals surface area contributed by atoms with Crippen LogP contribution in [0, 0.1) is 17.2 Å². The molecule has 10 heteroatoms. The van der Waals surface area contributed by atoms with Gasteiger partial charge in [-0.1, -0.05) is 13.8 Å². The fourth-order valence-corrected chi connectivity index (χ4v) is 6.17. The van der Waals surface area contributed by atoms with Crippen molar-refractivity contribution in [1.82, 2.24) is 4.31 Å². The van der Waals surface area contributed by atoms with Crippen LogP contribution in [0.15, 0.2) is 53.4 Å². The Balaban J connectivity index is 1.75. The normalized spacial score (nSPS) is 15.8. The molecule has 1 saturated heterocycles. The van der Waals surface area contributed by atoms with E-state index in [0.717, 1.165) is 0 Å². The highest BCUT2D eigenvalue weighted by molar-refractivity contribution is 7.92. The molecule has 1 aliphatic rings. The van der Waals surface area contributed by atoms with Crippen molar-refractivity contribution in [2.75, 3.05) is 30.2 Å². The zero-order chi connectivity index (χ0) is 24.2. The highest BCUT2D eigenvalue weighted by Gasteiger charge is 2.27. The lowest BCUT2D eigenvalue weighted by Crippen LogP contribution is -2.41. The number of hydrogen-bond acceptors (Lipinski definition) is 6. The van der Waals surface area contributed by atoms with E-state index in [9.17, 15) is 16.8 Å². The Morgan fingerprint density at radius 3 is 2.09 bits per heavy atom. The molecule has 0 bridgehead atoms. The molecule has 0 aromatic heterocycles. The van der Waals surface area contributed by atoms with Crippen molar-refractivity contribution < 1.29 is 21.6 Å². The van der Waals surface area contributed by atoms with Gasteiger partial charge in [-0.15, -0.1) is 0 Å². The molecule has 2 aromatic rings. The standard InChI is InChI=1S/C23H29N3O5S2/c1-18(2)17-26(20-6-4-19(16-24)5-7-20)33(29,30)23-10-8-21(9-11-23)31-22-12-14-25(15-13-22)32(3,27)28/h4-11,18,22H,12-15,17H2,1-3H3. The lowest BCUT2D eigenvalue weighted by Gasteiger charge is -2.30. The first-order valence-corrected chi connectivity index (χ1v) is 14.0. The van der Waals surface area contributed by atoms with Crippen LogP contribution in [0.1, 0.15) is 32.3 Å². The molecule has 0 aliphatic carbocycles. The summed E-state index contributed by atoms with van der Waals surface area (Å²) < 4.78 is 58.9. The van der Waals surface area contributed by atoms with Crippen molar-refractivity contribution in [3.8, 4) is 11.8 Å². The molecule has 0 amide bonds. The molecule has 1 heterocycles. The van der Waals surface area contributed by atoms with Crippen LogP contribution >= 0.6 is 0 Å². The molecule has 2 aromatic carbocycles. The van der Waals surface area contributed by atoms with Gasteiger partial charge in [0.25, 0.3) is 10.0 Å². The molecule has 0 unspecified atom stereocenters. The number of nitrogens with zero attached hydrogens (tertiary/aromatic N) is 3. The Kier molecular flexibility index (Phi) is 7.67. The second-order valence-electron chi connectivity index (χ2n) is 8.54. The van der Waals surface area contributed by atoms with E-state index in [1.807, 2.05) is 19.9 Å². The van der Waals surface area contributed by atoms with Crippen LogP contribution in [0.4, 0.5) is 5.69 Å². The molecule has 33 heavy (non-hydrogen) atoms. The van der Waals surface area contributed by atoms with E-state index in [-0.39, 0.29) is 16.9 Å². The van der Waals surface area contributed by atoms with Crippen molar-refractivity contribution in [2.24, 2.45) is 5.92 Å². The maximum atomic E-state index is 13.4. The number of piperidine rings is 1. The van der Waals surface area contributed by atoms with Gasteiger partial charge < -0.3 is 4.74 Å². The van der Waals surface area contributed by atoms with Crippen molar-refractivity contribution >= 4 is 25.7 Å². The number of benzene rings is 2. The van der Waals surface area contributed by atoms with Crippen LogP contribution in [0.3, 0.4) is 0 Å². The Hall–Kier alpha value is -2.61. The van der Waals surface area contributed by atoms with E-state index in [0.29, 0.717) is 49.5 Å². The Bertz CT molecular complexity index is 1190. The van der Waals surface area contributed by atoms with Crippen LogP contribution in [-0.4, -0.2) is 53.1 Å². The molecule has 0 atom stereocenters. The van der Waals surface area contributed by atoms with Gasteiger partial charge in [0.2, 0.25) is 10.0 Å². The maximum Gasteiger partial charge on any atom is 0.264 e. The summed E-state index contributed by atoms with van der Waals surface area (Å²) in [5.74, 6) is 0.636. The number of rotatable bonds is 8. The first kappa shape index (κ1) is 25.0. The van der Waals surface area contributed by atoms with Gasteiger partial charge in [0.15, 0.2) is 0 Å². The number of sulfonamides is 2. The van der Waals surface area contributed by atoms with Gasteiger partial charge in [0, 0.05) is 19.6 Å². The summed E-state index contributed by atoms with van der Waals surface area (Å²) in [4.78, 5) is 0.145. The van der Waals surface area contributed by atoms with Crippen LogP contribution in [0.5, 0.6) is 5.75 Å². The largest absolute Gasteiger partial charge is 0.490 e. The minimum absolute atomic E-state index is 0.0934. The minimum atomic E-state index is -3.82. The van der Waals surface area contributed by atoms with E-state index in [1.165, 1.54) is 27.0 Å². The highest BCUT2D eigenvalue weighted by Crippen LogP contribution is 2.27. The van der Waals surface area contributed by atoms with Gasteiger partial charge in [-0.05, 0) is 67.3 Å². The third-order valence-corrected chi connectivity index (χ3v) is 8.51. The molecule has 3 rings (SSSR count). The molecular weight excluding hydrogens is 462 g/mol. The summed E-state index contributed by atoms with van der Waals surface area (Å²) in [5.41, 5.74) is 0.963. The Labute approximate surface area is 196 Å². The fourth-order valence-electron chi connectivity index (χ4n) is 3.67. The third kappa shape index (κ3) is 6.25. The van der Waals surface area contributed by atoms with E-state index < -0.39 is 20.0 Å². The molecule has 0 N–H and O–H groups in total. The van der Waals surface area contributed by atoms with Crippen molar-refractivity contribution in [1.29, 1.82) is 5.26 Å². The zero-order valence-electron chi connectivity index (χ0n) is 19.0. The smallest absolute Gasteiger partial charge is 0.264 e. The Morgan fingerprint density at radius 2 is 1.61 bits per heavy atom. The Morgan fingerprint density at radius 1 is 1.03 bits per heavy atom. The van der Waals surface area contributed by atoms with Gasteiger partial charge in [0.05, 0.1) is 28.5 Å². The molecule has 8 nitrogen and oxygen atoms in total. The summed E-state index contributed by atoms with van der Waals surface area (Å²) in [7, 11) is -7.02. The van der Waals surface area contributed by atoms with Crippen LogP contribution in [0.25, 0.3) is 0 Å². The highest BCUT2D eigenvalue weighted by atomic mass is 32.2. The molecule has 0 radical (unpaired) electrons. The number of hydrogen-bond donors (Lipinski definition) is 0. The topological polar surface area (TPSA) is 108 Å². The zero-order valence-corrected chi connectivity index (χ0v) is 20.6. The lowest BCUT2D eigenvalue weighted by atomic mass is 10.1. The minimum Gasteiger partial charge on any atom is -0.490 e. The molecule has 0 spiro atoms. The fraction of sp³-hybridized carbons (Fsp3) is 0.435. The summed E-state index contributed by atoms with van der Waals surface area (Å²) in [5, 5.41) is 9.02. The van der Waals surface area contributed by atoms with Gasteiger partial charge >= 0.3 is 0 Å². The molecular formula is C23H29N3O5S2. The molecule has 0 saturated carbocycles. The van der Waals surface area contributed by atoms with E-state index >= 15 is 0 Å². The number of ether oxygens (including phenoxy) is 1. The lowest BCUT2D eigenvalue weighted by molar-refractivity contribution is 0.135. The second-order valence-corrected chi connectivity index (χ2v) is 12.4. The first-order valence-electron chi connectivity index (χ1n) is 10.8. The monoisotopic (exact) mass is 491 g/mol. The second kappa shape index (κ2) is 10.1. The summed E-state index contributed by atoms with van der Waals surface area (Å²) in [6.07, 6.45) is 2.23. The summed E-state index contributed by atoms with van der Waals surface area (Å²) >= 11 is 0. The van der Waals surface area contributed by atoms with Crippen molar-refractivity contribution in [3.63, 3.8) is 0 Å². The predicted molar refractivity (Wildman–Crippen MR) is 127 cm³/mol. The van der Waals surface area contributed by atoms with Gasteiger partial charge in [-0.25, -0.2) is 21.1 Å². The summed E-state index contributed by atoms with van der Waals surface area (Å²) in [6.45, 7) is 5.00. The van der Waals surface area contributed by atoms with Crippen molar-refractivity contribution in [3.05, 3.63) is 54.1 Å². The average Bonchev–Trinajstić information content (AvgIpc) is 2.77. The van der Waals surface area contributed by atoms with Crippen LogP contribution in [0.2, 0.25) is 0 Å². The van der Waals surface area contributed by atoms with Gasteiger partial charge in [0.1, 0.15) is 11.9 Å². The number of anilines is 1. The third-order valence-electron chi connectivity index (χ3n) is 5.40. The van der Waals surface area contributed by atoms with Crippen LogP contribution < -0.4 is 9.04 Å². The quantitative estimate of drug-likeness (QED) is 0.561. The van der Waals surface area contributed by atoms with Gasteiger partial charge in [-0.3, -0.25) is 4.31 Å². The maximum absolute atomic E-state index is 13.4. The van der Waals surface area contributed by atoms with E-state index in [1.54, 1.807) is 36.4 Å². The SMILES string of the molecule is CC(C)CN(c1ccc(C#N)cc1)S(=O)(=O)c1ccc(OC2CCN(S(C)(=O)=O)CC2)cc1.